The van der Waals surface area contributed by atoms with Gasteiger partial charge in [0.15, 0.2) is 28.8 Å². The molecule has 0 atom stereocenters. The summed E-state index contributed by atoms with van der Waals surface area (Å²) in [5.41, 5.74) is 1.41. The van der Waals surface area contributed by atoms with Crippen molar-refractivity contribution in [2.75, 3.05) is 26.4 Å². The number of fused-ring (bicyclic) bond motifs is 2. The number of hydrogen-bond donors (Lipinski definition) is 1. The molecule has 0 saturated heterocycles. The first-order valence-electron chi connectivity index (χ1n) is 10.5. The number of ketones is 1. The maximum absolute atomic E-state index is 12.4. The lowest BCUT2D eigenvalue weighted by atomic mass is 10.0. The molecular weight excluding hydrogens is 398 g/mol. The monoisotopic (exact) mass is 425 g/mol. The summed E-state index contributed by atoms with van der Waals surface area (Å²) in [6, 6.07) is 10.9. The Kier molecular flexibility index (Phi) is 6.02. The van der Waals surface area contributed by atoms with Crippen LogP contribution in [0.4, 0.5) is 0 Å². The van der Waals surface area contributed by atoms with Gasteiger partial charge in [-0.05, 0) is 38.1 Å². The van der Waals surface area contributed by atoms with E-state index < -0.39 is 0 Å². The Morgan fingerprint density at radius 1 is 1.06 bits per heavy atom. The first kappa shape index (κ1) is 21.0. The van der Waals surface area contributed by atoms with Crippen LogP contribution >= 0.6 is 0 Å². The molecule has 0 unspecified atom stereocenters. The topological polar surface area (TPSA) is 83.1 Å². The summed E-state index contributed by atoms with van der Waals surface area (Å²) in [6.45, 7) is 5.73. The number of ether oxygens (including phenoxy) is 4. The van der Waals surface area contributed by atoms with Crippen LogP contribution in [0.15, 0.2) is 36.4 Å². The molecule has 7 heteroatoms. The van der Waals surface area contributed by atoms with E-state index in [-0.39, 0.29) is 30.1 Å². The molecule has 7 nitrogen and oxygen atoms in total. The normalized spacial score (nSPS) is 15.5. The molecular formula is C24H27NO6. The van der Waals surface area contributed by atoms with Crippen molar-refractivity contribution in [3.63, 3.8) is 0 Å². The minimum Gasteiger partial charge on any atom is -0.488 e. The van der Waals surface area contributed by atoms with Gasteiger partial charge in [-0.2, -0.15) is 0 Å². The van der Waals surface area contributed by atoms with Crippen LogP contribution in [0.2, 0.25) is 0 Å². The second-order valence-electron chi connectivity index (χ2n) is 8.26. The van der Waals surface area contributed by atoms with Gasteiger partial charge in [0.25, 0.3) is 0 Å². The zero-order chi connectivity index (χ0) is 21.8. The fourth-order valence-electron chi connectivity index (χ4n) is 3.73. The third-order valence-corrected chi connectivity index (χ3v) is 5.18. The Balaban J connectivity index is 1.20. The molecule has 0 saturated carbocycles. The number of carbonyl (C=O) groups excluding carboxylic acids is 2. The summed E-state index contributed by atoms with van der Waals surface area (Å²) in [4.78, 5) is 24.5. The molecule has 0 spiro atoms. The first-order chi connectivity index (χ1) is 14.9. The Morgan fingerprint density at radius 3 is 2.71 bits per heavy atom. The van der Waals surface area contributed by atoms with Crippen molar-refractivity contribution in [2.24, 2.45) is 0 Å². The van der Waals surface area contributed by atoms with Gasteiger partial charge >= 0.3 is 0 Å². The van der Waals surface area contributed by atoms with Crippen LogP contribution in [0.3, 0.4) is 0 Å². The minimum atomic E-state index is -0.236. The zero-order valence-electron chi connectivity index (χ0n) is 17.9. The minimum absolute atomic E-state index is 0.108. The van der Waals surface area contributed by atoms with E-state index in [1.807, 2.05) is 32.0 Å². The van der Waals surface area contributed by atoms with Gasteiger partial charge < -0.3 is 24.3 Å². The molecule has 2 aliphatic heterocycles. The van der Waals surface area contributed by atoms with Crippen molar-refractivity contribution >= 4 is 11.7 Å². The summed E-state index contributed by atoms with van der Waals surface area (Å²) in [5.74, 6) is 2.38. The molecule has 1 amide bonds. The maximum atomic E-state index is 12.4. The average Bonchev–Trinajstić information content (AvgIpc) is 3.09. The third kappa shape index (κ3) is 5.10. The molecule has 0 radical (unpaired) electrons. The number of amides is 1. The molecule has 31 heavy (non-hydrogen) atoms. The van der Waals surface area contributed by atoms with E-state index >= 15 is 0 Å². The van der Waals surface area contributed by atoms with E-state index in [4.69, 9.17) is 18.9 Å². The lowest BCUT2D eigenvalue weighted by Crippen LogP contribution is -2.28. The highest BCUT2D eigenvalue weighted by molar-refractivity contribution is 5.98. The summed E-state index contributed by atoms with van der Waals surface area (Å²) in [6.07, 6.45) is 1.08. The smallest absolute Gasteiger partial charge is 0.220 e. The molecule has 2 aromatic carbocycles. The van der Waals surface area contributed by atoms with Crippen molar-refractivity contribution in [3.05, 3.63) is 47.5 Å². The second-order valence-corrected chi connectivity index (χ2v) is 8.26. The van der Waals surface area contributed by atoms with Crippen LogP contribution in [0, 0.1) is 0 Å². The summed E-state index contributed by atoms with van der Waals surface area (Å²) in [7, 11) is 0. The Bertz CT molecular complexity index is 984. The largest absolute Gasteiger partial charge is 0.488 e. The predicted octanol–water partition coefficient (Wildman–Crippen LogP) is 3.33. The Morgan fingerprint density at radius 2 is 1.87 bits per heavy atom. The van der Waals surface area contributed by atoms with Crippen molar-refractivity contribution in [3.8, 4) is 23.0 Å². The summed E-state index contributed by atoms with van der Waals surface area (Å²) < 4.78 is 22.7. The number of hydrogen-bond acceptors (Lipinski definition) is 6. The van der Waals surface area contributed by atoms with Gasteiger partial charge in [-0.25, -0.2) is 0 Å². The van der Waals surface area contributed by atoms with Crippen LogP contribution in [0.5, 0.6) is 23.0 Å². The number of para-hydroxylation sites is 1. The lowest BCUT2D eigenvalue weighted by Gasteiger charge is -2.18. The van der Waals surface area contributed by atoms with Crippen LogP contribution in [-0.2, 0) is 11.2 Å². The van der Waals surface area contributed by atoms with E-state index in [1.54, 1.807) is 18.2 Å². The Hall–Kier alpha value is -3.22. The van der Waals surface area contributed by atoms with Gasteiger partial charge in [0.05, 0.1) is 6.54 Å². The molecule has 2 heterocycles. The van der Waals surface area contributed by atoms with E-state index in [0.29, 0.717) is 49.2 Å². The first-order valence-corrected chi connectivity index (χ1v) is 10.5. The molecule has 2 aliphatic rings. The highest BCUT2D eigenvalue weighted by Crippen LogP contribution is 2.41. The summed E-state index contributed by atoms with van der Waals surface area (Å²) in [5, 5.41) is 2.79. The van der Waals surface area contributed by atoms with Crippen molar-refractivity contribution < 1.29 is 28.5 Å². The van der Waals surface area contributed by atoms with Crippen LogP contribution < -0.4 is 24.3 Å². The van der Waals surface area contributed by atoms with Crippen molar-refractivity contribution in [1.82, 2.24) is 5.32 Å². The molecule has 1 N–H and O–H groups in total. The molecule has 2 aromatic rings. The van der Waals surface area contributed by atoms with Gasteiger partial charge in [-0.3, -0.25) is 9.59 Å². The number of carbonyl (C=O) groups is 2. The van der Waals surface area contributed by atoms with Crippen LogP contribution in [0.25, 0.3) is 0 Å². The highest BCUT2D eigenvalue weighted by Gasteiger charge is 2.32. The molecule has 0 aliphatic carbocycles. The van der Waals surface area contributed by atoms with Crippen LogP contribution in [-0.4, -0.2) is 43.7 Å². The molecule has 0 bridgehead atoms. The molecule has 0 fully saturated rings. The van der Waals surface area contributed by atoms with E-state index in [9.17, 15) is 9.59 Å². The van der Waals surface area contributed by atoms with Gasteiger partial charge in [0, 0.05) is 30.4 Å². The third-order valence-electron chi connectivity index (χ3n) is 5.18. The quantitative estimate of drug-likeness (QED) is 0.516. The van der Waals surface area contributed by atoms with Crippen LogP contribution in [0.1, 0.15) is 42.6 Å². The Labute approximate surface area is 181 Å². The maximum Gasteiger partial charge on any atom is 0.220 e. The number of Topliss-reactive ketones (excluding diaryl/α,β-unsaturated/α-hetero) is 1. The standard InChI is InChI=1S/C24H27NO6/c1-24(2)15-17-4-3-5-20(23(17)31-24)28-11-10-25-22(27)9-7-18(26)16-6-8-19-21(14-16)30-13-12-29-19/h3-6,8,14H,7,9-13,15H2,1-2H3,(H,25,27). The second kappa shape index (κ2) is 8.88. The summed E-state index contributed by atoms with van der Waals surface area (Å²) >= 11 is 0. The van der Waals surface area contributed by atoms with E-state index in [1.165, 1.54) is 0 Å². The van der Waals surface area contributed by atoms with Crippen molar-refractivity contribution in [2.45, 2.75) is 38.7 Å². The molecule has 164 valence electrons. The number of rotatable bonds is 8. The number of nitrogens with one attached hydrogen (secondary N) is 1. The number of benzene rings is 2. The fourth-order valence-corrected chi connectivity index (χ4v) is 3.73. The molecule has 4 rings (SSSR count). The zero-order valence-corrected chi connectivity index (χ0v) is 17.9. The molecule has 0 aromatic heterocycles. The van der Waals surface area contributed by atoms with E-state index in [0.717, 1.165) is 17.7 Å². The van der Waals surface area contributed by atoms with Gasteiger partial charge in [-0.15, -0.1) is 0 Å². The highest BCUT2D eigenvalue weighted by atomic mass is 16.6. The van der Waals surface area contributed by atoms with Gasteiger partial charge in [0.2, 0.25) is 5.91 Å². The van der Waals surface area contributed by atoms with Gasteiger partial charge in [-0.1, -0.05) is 12.1 Å². The predicted molar refractivity (Wildman–Crippen MR) is 114 cm³/mol. The average molecular weight is 425 g/mol. The van der Waals surface area contributed by atoms with Crippen molar-refractivity contribution in [1.29, 1.82) is 0 Å². The SMILES string of the molecule is CC1(C)Cc2cccc(OCCNC(=O)CCC(=O)c3ccc4c(c3)OCCO4)c2O1. The van der Waals surface area contributed by atoms with Gasteiger partial charge in [0.1, 0.15) is 25.4 Å². The fraction of sp³-hybridized carbons (Fsp3) is 0.417. The lowest BCUT2D eigenvalue weighted by molar-refractivity contribution is -0.121. The van der Waals surface area contributed by atoms with E-state index in [2.05, 4.69) is 5.32 Å².